The van der Waals surface area contributed by atoms with Crippen LogP contribution in [0.4, 0.5) is 4.79 Å². The van der Waals surface area contributed by atoms with Crippen LogP contribution in [-0.4, -0.2) is 38.1 Å². The fourth-order valence-electron chi connectivity index (χ4n) is 1.12. The second-order valence-corrected chi connectivity index (χ2v) is 3.78. The molecule has 1 rings (SSSR count). The molecule has 0 saturated heterocycles. The van der Waals surface area contributed by atoms with Gasteiger partial charge in [0.1, 0.15) is 12.2 Å². The Hall–Kier alpha value is -2.12. The third-order valence-corrected chi connectivity index (χ3v) is 1.73. The Morgan fingerprint density at radius 3 is 2.82 bits per heavy atom. The number of rotatable bonds is 5. The molecule has 0 atom stereocenters. The maximum atomic E-state index is 11.2. The van der Waals surface area contributed by atoms with Gasteiger partial charge in [0.2, 0.25) is 0 Å². The number of aliphatic carboxylic acids is 1. The molecule has 2 amide bonds. The van der Waals surface area contributed by atoms with Crippen LogP contribution in [0.5, 0.6) is 0 Å². The minimum absolute atomic E-state index is 0.0534. The van der Waals surface area contributed by atoms with E-state index >= 15 is 0 Å². The number of urea groups is 1. The molecule has 0 aromatic carbocycles. The zero-order valence-electron chi connectivity index (χ0n) is 9.67. The third kappa shape index (κ3) is 4.96. The normalized spacial score (nSPS) is 10.3. The van der Waals surface area contributed by atoms with Crippen molar-refractivity contribution in [3.63, 3.8) is 0 Å². The van der Waals surface area contributed by atoms with Crippen LogP contribution in [0.1, 0.15) is 19.5 Å². The van der Waals surface area contributed by atoms with Crippen molar-refractivity contribution in [3.05, 3.63) is 11.9 Å². The van der Waals surface area contributed by atoms with Gasteiger partial charge in [-0.1, -0.05) is 5.21 Å². The molecule has 0 aliphatic carbocycles. The highest BCUT2D eigenvalue weighted by atomic mass is 16.4. The largest absolute Gasteiger partial charge is 0.480 e. The molecule has 1 aromatic heterocycles. The summed E-state index contributed by atoms with van der Waals surface area (Å²) in [6.07, 6.45) is 1.48. The number of carbonyl (C=O) groups excluding carboxylic acids is 1. The Morgan fingerprint density at radius 2 is 2.24 bits per heavy atom. The molecular formula is C9H15N5O3. The molecule has 0 spiro atoms. The van der Waals surface area contributed by atoms with E-state index in [0.717, 1.165) is 0 Å². The van der Waals surface area contributed by atoms with E-state index in [4.69, 9.17) is 5.11 Å². The van der Waals surface area contributed by atoms with Crippen molar-refractivity contribution < 1.29 is 14.7 Å². The Kier molecular flexibility index (Phi) is 4.44. The van der Waals surface area contributed by atoms with Crippen LogP contribution in [-0.2, 0) is 17.9 Å². The zero-order chi connectivity index (χ0) is 12.8. The molecule has 8 nitrogen and oxygen atoms in total. The van der Waals surface area contributed by atoms with Gasteiger partial charge in [0, 0.05) is 6.04 Å². The minimum Gasteiger partial charge on any atom is -0.480 e. The van der Waals surface area contributed by atoms with Crippen molar-refractivity contribution >= 4 is 12.0 Å². The SMILES string of the molecule is CC(C)NC(=O)NCc1cn(CC(=O)O)nn1. The average Bonchev–Trinajstić information content (AvgIpc) is 2.60. The molecule has 1 aromatic rings. The fraction of sp³-hybridized carbons (Fsp3) is 0.556. The van der Waals surface area contributed by atoms with E-state index < -0.39 is 5.97 Å². The van der Waals surface area contributed by atoms with E-state index in [1.807, 2.05) is 13.8 Å². The second-order valence-electron chi connectivity index (χ2n) is 3.78. The van der Waals surface area contributed by atoms with Gasteiger partial charge >= 0.3 is 12.0 Å². The molecule has 0 aliphatic heterocycles. The number of carboxylic acids is 1. The summed E-state index contributed by atoms with van der Waals surface area (Å²) in [5.41, 5.74) is 0.505. The number of carboxylic acid groups (broad SMARTS) is 1. The lowest BCUT2D eigenvalue weighted by Crippen LogP contribution is -2.39. The molecule has 17 heavy (non-hydrogen) atoms. The van der Waals surface area contributed by atoms with Crippen LogP contribution >= 0.6 is 0 Å². The molecule has 94 valence electrons. The Morgan fingerprint density at radius 1 is 1.53 bits per heavy atom. The summed E-state index contributed by atoms with van der Waals surface area (Å²) in [4.78, 5) is 21.6. The highest BCUT2D eigenvalue weighted by molar-refractivity contribution is 5.74. The van der Waals surface area contributed by atoms with Gasteiger partial charge in [0.15, 0.2) is 0 Å². The van der Waals surface area contributed by atoms with Gasteiger partial charge in [-0.15, -0.1) is 5.10 Å². The smallest absolute Gasteiger partial charge is 0.325 e. The van der Waals surface area contributed by atoms with Crippen molar-refractivity contribution in [2.45, 2.75) is 33.0 Å². The van der Waals surface area contributed by atoms with Gasteiger partial charge in [-0.2, -0.15) is 0 Å². The zero-order valence-corrected chi connectivity index (χ0v) is 9.67. The Labute approximate surface area is 98.0 Å². The summed E-state index contributed by atoms with van der Waals surface area (Å²) in [5, 5.41) is 21.1. The molecule has 3 N–H and O–H groups in total. The molecule has 0 aliphatic rings. The Balaban J connectivity index is 2.39. The van der Waals surface area contributed by atoms with Crippen molar-refractivity contribution in [1.82, 2.24) is 25.6 Å². The van der Waals surface area contributed by atoms with Crippen molar-refractivity contribution in [3.8, 4) is 0 Å². The molecule has 0 bridgehead atoms. The van der Waals surface area contributed by atoms with Crippen LogP contribution in [0.15, 0.2) is 6.20 Å². The summed E-state index contributed by atoms with van der Waals surface area (Å²) in [6, 6.07) is -0.245. The highest BCUT2D eigenvalue weighted by Gasteiger charge is 2.06. The van der Waals surface area contributed by atoms with E-state index in [2.05, 4.69) is 20.9 Å². The van der Waals surface area contributed by atoms with Gasteiger partial charge < -0.3 is 15.7 Å². The van der Waals surface area contributed by atoms with Gasteiger partial charge in [-0.05, 0) is 13.8 Å². The van der Waals surface area contributed by atoms with Gasteiger partial charge in [-0.25, -0.2) is 9.48 Å². The number of aromatic nitrogens is 3. The van der Waals surface area contributed by atoms with Gasteiger partial charge in [0.25, 0.3) is 0 Å². The Bertz CT molecular complexity index is 401. The number of carbonyl (C=O) groups is 2. The van der Waals surface area contributed by atoms with E-state index in [1.54, 1.807) is 0 Å². The summed E-state index contributed by atoms with van der Waals surface area (Å²) >= 11 is 0. The molecule has 0 radical (unpaired) electrons. The fourth-order valence-corrected chi connectivity index (χ4v) is 1.12. The highest BCUT2D eigenvalue weighted by Crippen LogP contribution is 1.92. The lowest BCUT2D eigenvalue weighted by Gasteiger charge is -2.08. The maximum Gasteiger partial charge on any atom is 0.325 e. The molecule has 0 saturated carbocycles. The number of hydrogen-bond acceptors (Lipinski definition) is 4. The van der Waals surface area contributed by atoms with Gasteiger partial charge in [-0.3, -0.25) is 4.79 Å². The lowest BCUT2D eigenvalue weighted by atomic mass is 10.4. The van der Waals surface area contributed by atoms with Crippen LogP contribution in [0.3, 0.4) is 0 Å². The number of amides is 2. The quantitative estimate of drug-likeness (QED) is 0.648. The van der Waals surface area contributed by atoms with E-state index in [9.17, 15) is 9.59 Å². The first-order chi connectivity index (χ1) is 7.97. The molecule has 8 heteroatoms. The minimum atomic E-state index is -0.994. The lowest BCUT2D eigenvalue weighted by molar-refractivity contribution is -0.137. The van der Waals surface area contributed by atoms with E-state index in [1.165, 1.54) is 10.9 Å². The predicted molar refractivity (Wildman–Crippen MR) is 58.2 cm³/mol. The number of nitrogens with one attached hydrogen (secondary N) is 2. The summed E-state index contributed by atoms with van der Waals surface area (Å²) in [5.74, 6) is -0.994. The monoisotopic (exact) mass is 241 g/mol. The maximum absolute atomic E-state index is 11.2. The third-order valence-electron chi connectivity index (χ3n) is 1.73. The number of nitrogens with zero attached hydrogens (tertiary/aromatic N) is 3. The molecule has 1 heterocycles. The number of hydrogen-bond donors (Lipinski definition) is 3. The predicted octanol–water partition coefficient (Wildman–Crippen LogP) is -0.430. The van der Waals surface area contributed by atoms with Crippen LogP contribution < -0.4 is 10.6 Å². The topological polar surface area (TPSA) is 109 Å². The first-order valence-electron chi connectivity index (χ1n) is 5.12. The molecule has 0 unspecified atom stereocenters. The van der Waals surface area contributed by atoms with Gasteiger partial charge in [0.05, 0.1) is 12.7 Å². The van der Waals surface area contributed by atoms with E-state index in [-0.39, 0.29) is 25.2 Å². The average molecular weight is 241 g/mol. The van der Waals surface area contributed by atoms with Crippen LogP contribution in [0.25, 0.3) is 0 Å². The van der Waals surface area contributed by atoms with Crippen LogP contribution in [0.2, 0.25) is 0 Å². The summed E-state index contributed by atoms with van der Waals surface area (Å²) < 4.78 is 1.19. The first-order valence-corrected chi connectivity index (χ1v) is 5.12. The first kappa shape index (κ1) is 12.9. The van der Waals surface area contributed by atoms with Crippen molar-refractivity contribution in [1.29, 1.82) is 0 Å². The van der Waals surface area contributed by atoms with Crippen molar-refractivity contribution in [2.75, 3.05) is 0 Å². The second kappa shape index (κ2) is 5.83. The van der Waals surface area contributed by atoms with Crippen LogP contribution in [0, 0.1) is 0 Å². The standard InChI is InChI=1S/C9H15N5O3/c1-6(2)11-9(17)10-3-7-4-14(13-12-7)5-8(15)16/h4,6H,3,5H2,1-2H3,(H,15,16)(H2,10,11,17). The summed E-state index contributed by atoms with van der Waals surface area (Å²) in [6.45, 7) is 3.66. The summed E-state index contributed by atoms with van der Waals surface area (Å²) in [7, 11) is 0. The molecule has 0 fully saturated rings. The van der Waals surface area contributed by atoms with E-state index in [0.29, 0.717) is 5.69 Å². The van der Waals surface area contributed by atoms with Crippen molar-refractivity contribution in [2.24, 2.45) is 0 Å². The molecular weight excluding hydrogens is 226 g/mol.